The molecular formula is C8H18ClNO2. The van der Waals surface area contributed by atoms with Gasteiger partial charge in [-0.05, 0) is 17.7 Å². The lowest BCUT2D eigenvalue weighted by Crippen LogP contribution is -2.42. The highest BCUT2D eigenvalue weighted by Gasteiger charge is 2.27. The van der Waals surface area contributed by atoms with Crippen LogP contribution in [0.25, 0.3) is 0 Å². The van der Waals surface area contributed by atoms with Gasteiger partial charge in [-0.3, -0.25) is 0 Å². The number of halogens is 1. The summed E-state index contributed by atoms with van der Waals surface area (Å²) < 4.78 is 11.9. The molecule has 0 aliphatic heterocycles. The molecule has 74 valence electrons. The van der Waals surface area contributed by atoms with E-state index in [2.05, 4.69) is 13.8 Å². The highest BCUT2D eigenvalue weighted by molar-refractivity contribution is 6.13. The zero-order valence-electron chi connectivity index (χ0n) is 8.37. The Bertz CT molecular complexity index is 108. The molecule has 3 nitrogen and oxygen atoms in total. The van der Waals surface area contributed by atoms with Crippen molar-refractivity contribution in [1.29, 1.82) is 0 Å². The second-order valence-corrected chi connectivity index (χ2v) is 3.63. The number of nitrogens with zero attached hydrogens (tertiary/aromatic N) is 1. The number of rotatable bonds is 5. The van der Waals surface area contributed by atoms with Gasteiger partial charge in [-0.25, -0.2) is 4.42 Å². The summed E-state index contributed by atoms with van der Waals surface area (Å²) in [5.74, 6) is 0.386. The minimum Gasteiger partial charge on any atom is -0.354 e. The molecule has 12 heavy (non-hydrogen) atoms. The fraction of sp³-hybridized carbons (Fsp3) is 1.00. The maximum Gasteiger partial charge on any atom is 0.173 e. The van der Waals surface area contributed by atoms with Crippen LogP contribution in [0.15, 0.2) is 0 Å². The smallest absolute Gasteiger partial charge is 0.173 e. The van der Waals surface area contributed by atoms with Crippen molar-refractivity contribution < 1.29 is 9.47 Å². The standard InChI is InChI=1S/C8H18ClNO2/c1-6(2)7(10(3)9)8(11-4)12-5/h6-8H,1-5H3/t7-/m0/s1. The van der Waals surface area contributed by atoms with Crippen LogP contribution in [0.4, 0.5) is 0 Å². The molecule has 4 heteroatoms. The first-order valence-electron chi connectivity index (χ1n) is 3.98. The minimum absolute atomic E-state index is 0.0710. The first-order valence-corrected chi connectivity index (χ1v) is 4.32. The third-order valence-electron chi connectivity index (χ3n) is 1.84. The molecular weight excluding hydrogens is 178 g/mol. The van der Waals surface area contributed by atoms with Gasteiger partial charge in [0.05, 0.1) is 6.04 Å². The Morgan fingerprint density at radius 3 is 1.67 bits per heavy atom. The molecule has 0 aromatic carbocycles. The van der Waals surface area contributed by atoms with E-state index >= 15 is 0 Å². The quantitative estimate of drug-likeness (QED) is 0.493. The van der Waals surface area contributed by atoms with Gasteiger partial charge in [0.25, 0.3) is 0 Å². The molecule has 0 aliphatic carbocycles. The van der Waals surface area contributed by atoms with Crippen LogP contribution in [0, 0.1) is 5.92 Å². The lowest BCUT2D eigenvalue weighted by Gasteiger charge is -2.31. The van der Waals surface area contributed by atoms with Gasteiger partial charge in [0.1, 0.15) is 0 Å². The van der Waals surface area contributed by atoms with Gasteiger partial charge in [-0.15, -0.1) is 0 Å². The van der Waals surface area contributed by atoms with Crippen molar-refractivity contribution in [3.05, 3.63) is 0 Å². The zero-order valence-corrected chi connectivity index (χ0v) is 9.13. The molecule has 0 aromatic rings. The van der Waals surface area contributed by atoms with Crippen molar-refractivity contribution in [1.82, 2.24) is 4.42 Å². The number of hydrogen-bond acceptors (Lipinski definition) is 3. The predicted octanol–water partition coefficient (Wildman–Crippen LogP) is 1.72. The van der Waals surface area contributed by atoms with Gasteiger partial charge in [0.2, 0.25) is 0 Å². The van der Waals surface area contributed by atoms with E-state index in [0.29, 0.717) is 5.92 Å². The summed E-state index contributed by atoms with van der Waals surface area (Å²) in [4.78, 5) is 0. The van der Waals surface area contributed by atoms with Crippen molar-refractivity contribution in [2.45, 2.75) is 26.2 Å². The first kappa shape index (κ1) is 12.2. The largest absolute Gasteiger partial charge is 0.354 e. The maximum absolute atomic E-state index is 5.86. The summed E-state index contributed by atoms with van der Waals surface area (Å²) in [6.07, 6.45) is -0.271. The molecule has 0 aromatic heterocycles. The molecule has 0 fully saturated rings. The Labute approximate surface area is 79.7 Å². The van der Waals surface area contributed by atoms with Gasteiger partial charge in [-0.2, -0.15) is 0 Å². The molecule has 0 N–H and O–H groups in total. The van der Waals surface area contributed by atoms with Crippen LogP contribution in [0.2, 0.25) is 0 Å². The van der Waals surface area contributed by atoms with E-state index in [1.54, 1.807) is 25.7 Å². The van der Waals surface area contributed by atoms with Crippen molar-refractivity contribution >= 4 is 11.8 Å². The van der Waals surface area contributed by atoms with E-state index < -0.39 is 0 Å². The molecule has 0 unspecified atom stereocenters. The summed E-state index contributed by atoms with van der Waals surface area (Å²) in [7, 11) is 5.03. The maximum atomic E-state index is 5.86. The van der Waals surface area contributed by atoms with Crippen LogP contribution >= 0.6 is 11.8 Å². The Balaban J connectivity index is 4.26. The van der Waals surface area contributed by atoms with Crippen molar-refractivity contribution in [2.24, 2.45) is 5.92 Å². The molecule has 0 bridgehead atoms. The summed E-state index contributed by atoms with van der Waals surface area (Å²) in [5, 5.41) is 0. The zero-order chi connectivity index (χ0) is 9.72. The summed E-state index contributed by atoms with van der Waals surface area (Å²) in [6.45, 7) is 4.16. The molecule has 0 amide bonds. The van der Waals surface area contributed by atoms with E-state index in [1.807, 2.05) is 0 Å². The van der Waals surface area contributed by atoms with Gasteiger partial charge in [-0.1, -0.05) is 13.8 Å². The van der Waals surface area contributed by atoms with Gasteiger partial charge >= 0.3 is 0 Å². The Kier molecular flexibility index (Phi) is 5.84. The number of likely N-dealkylation sites (N-methyl/N-ethyl adjacent to an activating group) is 1. The minimum atomic E-state index is -0.271. The lowest BCUT2D eigenvalue weighted by atomic mass is 10.0. The van der Waals surface area contributed by atoms with E-state index in [0.717, 1.165) is 0 Å². The van der Waals surface area contributed by atoms with Crippen molar-refractivity contribution in [3.8, 4) is 0 Å². The Hall–Kier alpha value is 0.170. The van der Waals surface area contributed by atoms with E-state index in [4.69, 9.17) is 21.3 Å². The summed E-state index contributed by atoms with van der Waals surface area (Å²) in [5.41, 5.74) is 0. The molecule has 0 spiro atoms. The third-order valence-corrected chi connectivity index (χ3v) is 2.06. The molecule has 0 radical (unpaired) electrons. The van der Waals surface area contributed by atoms with Crippen LogP contribution in [-0.4, -0.2) is 38.0 Å². The Morgan fingerprint density at radius 2 is 1.58 bits per heavy atom. The first-order chi connectivity index (χ1) is 5.54. The second-order valence-electron chi connectivity index (χ2n) is 3.10. The van der Waals surface area contributed by atoms with Crippen LogP contribution < -0.4 is 0 Å². The topological polar surface area (TPSA) is 21.7 Å². The number of ether oxygens (including phenoxy) is 2. The number of methoxy groups -OCH3 is 2. The number of hydrogen-bond donors (Lipinski definition) is 0. The average molecular weight is 196 g/mol. The van der Waals surface area contributed by atoms with Crippen LogP contribution in [-0.2, 0) is 9.47 Å². The summed E-state index contributed by atoms with van der Waals surface area (Å²) >= 11 is 5.86. The van der Waals surface area contributed by atoms with Gasteiger partial charge < -0.3 is 9.47 Å². The molecule has 0 rings (SSSR count). The Morgan fingerprint density at radius 1 is 1.17 bits per heavy atom. The molecule has 0 heterocycles. The fourth-order valence-electron chi connectivity index (χ4n) is 1.27. The van der Waals surface area contributed by atoms with E-state index in [9.17, 15) is 0 Å². The summed E-state index contributed by atoms with van der Waals surface area (Å²) in [6, 6.07) is 0.0710. The van der Waals surface area contributed by atoms with Crippen molar-refractivity contribution in [2.75, 3.05) is 21.3 Å². The second kappa shape index (κ2) is 5.75. The lowest BCUT2D eigenvalue weighted by molar-refractivity contribution is -0.142. The highest BCUT2D eigenvalue weighted by atomic mass is 35.5. The van der Waals surface area contributed by atoms with Crippen molar-refractivity contribution in [3.63, 3.8) is 0 Å². The molecule has 0 aliphatic rings. The molecule has 0 saturated carbocycles. The monoisotopic (exact) mass is 195 g/mol. The van der Waals surface area contributed by atoms with Gasteiger partial charge in [0, 0.05) is 21.3 Å². The third kappa shape index (κ3) is 3.27. The molecule has 1 atom stereocenters. The van der Waals surface area contributed by atoms with Gasteiger partial charge in [0.15, 0.2) is 6.29 Å². The fourth-order valence-corrected chi connectivity index (χ4v) is 1.59. The van der Waals surface area contributed by atoms with Crippen LogP contribution in [0.1, 0.15) is 13.8 Å². The predicted molar refractivity (Wildman–Crippen MR) is 50.0 cm³/mol. The van der Waals surface area contributed by atoms with Crippen LogP contribution in [0.5, 0.6) is 0 Å². The highest BCUT2D eigenvalue weighted by Crippen LogP contribution is 2.17. The SMILES string of the molecule is COC(OC)[C@H](C(C)C)N(C)Cl. The average Bonchev–Trinajstić information content (AvgIpc) is 1.98. The van der Waals surface area contributed by atoms with E-state index in [-0.39, 0.29) is 12.3 Å². The normalized spacial score (nSPS) is 14.8. The van der Waals surface area contributed by atoms with E-state index in [1.165, 1.54) is 0 Å². The molecule has 0 saturated heterocycles. The van der Waals surface area contributed by atoms with Crippen LogP contribution in [0.3, 0.4) is 0 Å².